The van der Waals surface area contributed by atoms with Crippen molar-refractivity contribution in [2.45, 2.75) is 13.5 Å². The molecule has 0 aliphatic heterocycles. The summed E-state index contributed by atoms with van der Waals surface area (Å²) in [6, 6.07) is 8.30. The highest BCUT2D eigenvalue weighted by molar-refractivity contribution is 9.10. The maximum Gasteiger partial charge on any atom is 0.232 e. The maximum atomic E-state index is 5.19. The molecule has 0 fully saturated rings. The van der Waals surface area contributed by atoms with Crippen LogP contribution in [0.25, 0.3) is 0 Å². The fourth-order valence-electron chi connectivity index (χ4n) is 1.78. The van der Waals surface area contributed by atoms with Crippen molar-refractivity contribution in [1.29, 1.82) is 0 Å². The van der Waals surface area contributed by atoms with E-state index >= 15 is 0 Å². The SMILES string of the molecule is COc1nc(N(C)Cc2ccccc2C)ncc1Br. The molecule has 0 spiro atoms. The molecule has 5 heteroatoms. The minimum atomic E-state index is 0.543. The van der Waals surface area contributed by atoms with E-state index in [4.69, 9.17) is 4.74 Å². The second-order valence-corrected chi connectivity index (χ2v) is 5.16. The first-order valence-electron chi connectivity index (χ1n) is 5.94. The fourth-order valence-corrected chi connectivity index (χ4v) is 2.14. The first-order chi connectivity index (χ1) is 9.11. The highest BCUT2D eigenvalue weighted by Crippen LogP contribution is 2.23. The van der Waals surface area contributed by atoms with Gasteiger partial charge in [0.1, 0.15) is 0 Å². The second-order valence-electron chi connectivity index (χ2n) is 4.31. The van der Waals surface area contributed by atoms with Crippen LogP contribution in [-0.2, 0) is 6.54 Å². The van der Waals surface area contributed by atoms with E-state index in [0.717, 1.165) is 11.0 Å². The van der Waals surface area contributed by atoms with Crippen molar-refractivity contribution in [1.82, 2.24) is 9.97 Å². The number of benzene rings is 1. The molecular formula is C14H16BrN3O. The summed E-state index contributed by atoms with van der Waals surface area (Å²) in [5.41, 5.74) is 2.52. The van der Waals surface area contributed by atoms with Crippen molar-refractivity contribution in [2.24, 2.45) is 0 Å². The molecule has 0 N–H and O–H groups in total. The van der Waals surface area contributed by atoms with Gasteiger partial charge in [0, 0.05) is 13.6 Å². The molecular weight excluding hydrogens is 306 g/mol. The number of rotatable bonds is 4. The van der Waals surface area contributed by atoms with Crippen LogP contribution in [0.3, 0.4) is 0 Å². The number of hydrogen-bond acceptors (Lipinski definition) is 4. The molecule has 0 saturated heterocycles. The van der Waals surface area contributed by atoms with Gasteiger partial charge in [0.2, 0.25) is 11.8 Å². The van der Waals surface area contributed by atoms with Crippen molar-refractivity contribution in [3.63, 3.8) is 0 Å². The van der Waals surface area contributed by atoms with Crippen LogP contribution in [0.4, 0.5) is 5.95 Å². The summed E-state index contributed by atoms with van der Waals surface area (Å²) in [6.07, 6.45) is 1.70. The summed E-state index contributed by atoms with van der Waals surface area (Å²) < 4.78 is 5.94. The van der Waals surface area contributed by atoms with Crippen LogP contribution in [0.2, 0.25) is 0 Å². The van der Waals surface area contributed by atoms with Crippen LogP contribution < -0.4 is 9.64 Å². The molecule has 0 bridgehead atoms. The highest BCUT2D eigenvalue weighted by Gasteiger charge is 2.10. The van der Waals surface area contributed by atoms with Crippen LogP contribution in [0.1, 0.15) is 11.1 Å². The number of nitrogens with zero attached hydrogens (tertiary/aromatic N) is 3. The largest absolute Gasteiger partial charge is 0.480 e. The Hall–Kier alpha value is -1.62. The summed E-state index contributed by atoms with van der Waals surface area (Å²) in [7, 11) is 3.56. The predicted molar refractivity (Wildman–Crippen MR) is 79.6 cm³/mol. The van der Waals surface area contributed by atoms with E-state index in [1.54, 1.807) is 13.3 Å². The lowest BCUT2D eigenvalue weighted by Crippen LogP contribution is -2.19. The molecule has 100 valence electrons. The Morgan fingerprint density at radius 3 is 2.74 bits per heavy atom. The zero-order chi connectivity index (χ0) is 13.8. The second kappa shape index (κ2) is 6.02. The number of anilines is 1. The van der Waals surface area contributed by atoms with Crippen LogP contribution in [-0.4, -0.2) is 24.1 Å². The fraction of sp³-hybridized carbons (Fsp3) is 0.286. The van der Waals surface area contributed by atoms with Gasteiger partial charge in [-0.05, 0) is 34.0 Å². The maximum absolute atomic E-state index is 5.19. The molecule has 0 saturated carbocycles. The van der Waals surface area contributed by atoms with Gasteiger partial charge in [0.15, 0.2) is 0 Å². The monoisotopic (exact) mass is 321 g/mol. The van der Waals surface area contributed by atoms with Crippen LogP contribution in [0, 0.1) is 6.92 Å². The first kappa shape index (κ1) is 13.8. The van der Waals surface area contributed by atoms with E-state index in [1.807, 2.05) is 24.1 Å². The van der Waals surface area contributed by atoms with Gasteiger partial charge in [0.25, 0.3) is 0 Å². The molecule has 0 amide bonds. The summed E-state index contributed by atoms with van der Waals surface area (Å²) in [5, 5.41) is 0. The topological polar surface area (TPSA) is 38.2 Å². The molecule has 2 rings (SSSR count). The molecule has 19 heavy (non-hydrogen) atoms. The molecule has 0 aliphatic carbocycles. The quantitative estimate of drug-likeness (QED) is 0.866. The molecule has 1 heterocycles. The average Bonchev–Trinajstić information content (AvgIpc) is 2.42. The third kappa shape index (κ3) is 3.23. The summed E-state index contributed by atoms with van der Waals surface area (Å²) in [6.45, 7) is 2.86. The Kier molecular flexibility index (Phi) is 4.37. The van der Waals surface area contributed by atoms with E-state index in [0.29, 0.717) is 11.8 Å². The lowest BCUT2D eigenvalue weighted by atomic mass is 10.1. The summed E-state index contributed by atoms with van der Waals surface area (Å²) >= 11 is 3.35. The predicted octanol–water partition coefficient (Wildman–Crippen LogP) is 3.19. The molecule has 2 aromatic rings. The van der Waals surface area contributed by atoms with Gasteiger partial charge in [-0.3, -0.25) is 0 Å². The Labute approximate surface area is 121 Å². The zero-order valence-corrected chi connectivity index (χ0v) is 12.8. The summed E-state index contributed by atoms with van der Waals surface area (Å²) in [5.74, 6) is 1.19. The van der Waals surface area contributed by atoms with Crippen LogP contribution in [0.5, 0.6) is 5.88 Å². The van der Waals surface area contributed by atoms with Gasteiger partial charge in [-0.2, -0.15) is 4.98 Å². The van der Waals surface area contributed by atoms with E-state index in [9.17, 15) is 0 Å². The lowest BCUT2D eigenvalue weighted by Gasteiger charge is -2.18. The molecule has 0 aliphatic rings. The van der Waals surface area contributed by atoms with E-state index in [-0.39, 0.29) is 0 Å². The minimum absolute atomic E-state index is 0.543. The van der Waals surface area contributed by atoms with Crippen molar-refractivity contribution in [3.8, 4) is 5.88 Å². The number of aryl methyl sites for hydroxylation is 1. The van der Waals surface area contributed by atoms with Crippen molar-refractivity contribution in [2.75, 3.05) is 19.1 Å². The molecule has 0 unspecified atom stereocenters. The van der Waals surface area contributed by atoms with E-state index in [2.05, 4.69) is 45.0 Å². The number of methoxy groups -OCH3 is 1. The molecule has 1 aromatic carbocycles. The highest BCUT2D eigenvalue weighted by atomic mass is 79.9. The van der Waals surface area contributed by atoms with Crippen LogP contribution in [0.15, 0.2) is 34.9 Å². The van der Waals surface area contributed by atoms with Crippen molar-refractivity contribution in [3.05, 3.63) is 46.1 Å². The summed E-state index contributed by atoms with van der Waals surface area (Å²) in [4.78, 5) is 10.7. The Balaban J connectivity index is 2.20. The van der Waals surface area contributed by atoms with Gasteiger partial charge in [0.05, 0.1) is 17.8 Å². The molecule has 0 atom stereocenters. The van der Waals surface area contributed by atoms with Crippen LogP contribution >= 0.6 is 15.9 Å². The van der Waals surface area contributed by atoms with Crippen molar-refractivity contribution < 1.29 is 4.74 Å². The minimum Gasteiger partial charge on any atom is -0.480 e. The van der Waals surface area contributed by atoms with Gasteiger partial charge < -0.3 is 9.64 Å². The van der Waals surface area contributed by atoms with Gasteiger partial charge in [-0.25, -0.2) is 4.98 Å². The zero-order valence-electron chi connectivity index (χ0n) is 11.2. The number of hydrogen-bond donors (Lipinski definition) is 0. The third-order valence-corrected chi connectivity index (χ3v) is 3.45. The normalized spacial score (nSPS) is 10.3. The number of halogens is 1. The standard InChI is InChI=1S/C14H16BrN3O/c1-10-6-4-5-7-11(10)9-18(2)14-16-8-12(15)13(17-14)19-3/h4-8H,9H2,1-3H3. The van der Waals surface area contributed by atoms with Gasteiger partial charge in [-0.15, -0.1) is 0 Å². The van der Waals surface area contributed by atoms with E-state index in [1.165, 1.54) is 11.1 Å². The molecule has 1 aromatic heterocycles. The van der Waals surface area contributed by atoms with Gasteiger partial charge in [-0.1, -0.05) is 24.3 Å². The van der Waals surface area contributed by atoms with Gasteiger partial charge >= 0.3 is 0 Å². The Morgan fingerprint density at radius 1 is 1.32 bits per heavy atom. The third-order valence-electron chi connectivity index (χ3n) is 2.90. The lowest BCUT2D eigenvalue weighted by molar-refractivity contribution is 0.394. The van der Waals surface area contributed by atoms with Crippen molar-refractivity contribution >= 4 is 21.9 Å². The molecule has 4 nitrogen and oxygen atoms in total. The Bertz CT molecular complexity index is 574. The number of ether oxygens (including phenoxy) is 1. The average molecular weight is 322 g/mol. The smallest absolute Gasteiger partial charge is 0.232 e. The van der Waals surface area contributed by atoms with E-state index < -0.39 is 0 Å². The molecule has 0 radical (unpaired) electrons. The number of aromatic nitrogens is 2. The Morgan fingerprint density at radius 2 is 2.05 bits per heavy atom. The first-order valence-corrected chi connectivity index (χ1v) is 6.73.